The number of benzene rings is 3. The van der Waals surface area contributed by atoms with E-state index in [1.54, 1.807) is 30.7 Å². The molecule has 0 amide bonds. The smallest absolute Gasteiger partial charge is 0.227 e. The third kappa shape index (κ3) is 4.08. The number of anilines is 2. The molecule has 6 aromatic rings. The fraction of sp³-hybridized carbons (Fsp3) is 0.103. The minimum Gasteiger partial charge on any atom is -0.434 e. The van der Waals surface area contributed by atoms with E-state index in [9.17, 15) is 5.11 Å². The van der Waals surface area contributed by atoms with Gasteiger partial charge in [0.2, 0.25) is 5.89 Å². The van der Waals surface area contributed by atoms with E-state index in [2.05, 4.69) is 51.2 Å². The Labute approximate surface area is 217 Å². The van der Waals surface area contributed by atoms with Gasteiger partial charge in [0, 0.05) is 29.8 Å². The van der Waals surface area contributed by atoms with Crippen LogP contribution < -0.4 is 5.32 Å². The predicted octanol–water partition coefficient (Wildman–Crippen LogP) is 7.01. The standard InChI is InChI=1S/C29H22ClN5O2/c1-16-19(5-3-7-21(16)29-35-25-14-18(15-36)13-22(30)27(25)37-29)20-6-4-8-23(17(20)2)34-28-26-24(9-10-33-28)31-11-12-32-26/h3-14,36H,15H2,1-2H3,(H,33,34). The van der Waals surface area contributed by atoms with Crippen LogP contribution in [0.3, 0.4) is 0 Å². The number of halogens is 1. The van der Waals surface area contributed by atoms with E-state index in [1.807, 2.05) is 30.3 Å². The number of nitrogens with one attached hydrogen (secondary N) is 1. The maximum atomic E-state index is 9.51. The van der Waals surface area contributed by atoms with Gasteiger partial charge >= 0.3 is 0 Å². The van der Waals surface area contributed by atoms with E-state index in [0.29, 0.717) is 38.9 Å². The minimum absolute atomic E-state index is 0.114. The second-order valence-electron chi connectivity index (χ2n) is 8.77. The van der Waals surface area contributed by atoms with Crippen molar-refractivity contribution in [2.45, 2.75) is 20.5 Å². The van der Waals surface area contributed by atoms with E-state index in [4.69, 9.17) is 16.0 Å². The van der Waals surface area contributed by atoms with Gasteiger partial charge in [-0.1, -0.05) is 35.9 Å². The number of aliphatic hydroxyl groups excluding tert-OH is 1. The summed E-state index contributed by atoms with van der Waals surface area (Å²) in [5.74, 6) is 1.14. The van der Waals surface area contributed by atoms with Gasteiger partial charge in [-0.05, 0) is 72.0 Å². The molecule has 0 aliphatic rings. The number of aliphatic hydroxyl groups is 1. The van der Waals surface area contributed by atoms with Crippen molar-refractivity contribution in [3.63, 3.8) is 0 Å². The molecule has 6 rings (SSSR count). The van der Waals surface area contributed by atoms with Crippen LogP contribution >= 0.6 is 11.6 Å². The molecule has 37 heavy (non-hydrogen) atoms. The Balaban J connectivity index is 1.42. The molecule has 0 saturated carbocycles. The second kappa shape index (κ2) is 9.28. The van der Waals surface area contributed by atoms with E-state index < -0.39 is 0 Å². The Morgan fingerprint density at radius 3 is 2.43 bits per heavy atom. The molecule has 3 aromatic heterocycles. The third-order valence-corrected chi connectivity index (χ3v) is 6.80. The number of oxazole rings is 1. The minimum atomic E-state index is -0.114. The summed E-state index contributed by atoms with van der Waals surface area (Å²) in [5, 5.41) is 13.4. The molecule has 3 heterocycles. The fourth-order valence-corrected chi connectivity index (χ4v) is 4.87. The number of aromatic nitrogens is 4. The molecule has 0 unspecified atom stereocenters. The van der Waals surface area contributed by atoms with Gasteiger partial charge in [0.05, 0.1) is 17.1 Å². The summed E-state index contributed by atoms with van der Waals surface area (Å²) in [6, 6.07) is 17.5. The molecule has 0 aliphatic heterocycles. The Bertz CT molecular complexity index is 1790. The fourth-order valence-electron chi connectivity index (χ4n) is 4.59. The van der Waals surface area contributed by atoms with Crippen molar-refractivity contribution >= 4 is 45.2 Å². The lowest BCUT2D eigenvalue weighted by molar-refractivity contribution is 0.282. The van der Waals surface area contributed by atoms with Crippen molar-refractivity contribution in [2.75, 3.05) is 5.32 Å². The molecular formula is C29H22ClN5O2. The summed E-state index contributed by atoms with van der Waals surface area (Å²) in [4.78, 5) is 18.0. The van der Waals surface area contributed by atoms with Crippen molar-refractivity contribution in [2.24, 2.45) is 0 Å². The van der Waals surface area contributed by atoms with Crippen LogP contribution in [0.1, 0.15) is 16.7 Å². The SMILES string of the molecule is Cc1c(Nc2nccc3nccnc23)cccc1-c1cccc(-c2nc3cc(CO)cc(Cl)c3o2)c1C. The highest BCUT2D eigenvalue weighted by molar-refractivity contribution is 6.34. The van der Waals surface area contributed by atoms with Gasteiger partial charge in [-0.3, -0.25) is 4.98 Å². The average molecular weight is 508 g/mol. The van der Waals surface area contributed by atoms with Gasteiger partial charge in [-0.2, -0.15) is 0 Å². The highest BCUT2D eigenvalue weighted by atomic mass is 35.5. The van der Waals surface area contributed by atoms with Crippen molar-refractivity contribution < 1.29 is 9.52 Å². The maximum absolute atomic E-state index is 9.51. The van der Waals surface area contributed by atoms with Crippen LogP contribution in [0.4, 0.5) is 11.5 Å². The second-order valence-corrected chi connectivity index (χ2v) is 9.18. The van der Waals surface area contributed by atoms with Crippen molar-refractivity contribution in [1.29, 1.82) is 0 Å². The highest BCUT2D eigenvalue weighted by Gasteiger charge is 2.18. The average Bonchev–Trinajstić information content (AvgIpc) is 3.35. The first-order chi connectivity index (χ1) is 18.0. The first-order valence-electron chi connectivity index (χ1n) is 11.8. The van der Waals surface area contributed by atoms with E-state index in [0.717, 1.165) is 39.0 Å². The number of fused-ring (bicyclic) bond motifs is 2. The molecule has 0 aliphatic carbocycles. The normalized spacial score (nSPS) is 11.4. The quantitative estimate of drug-likeness (QED) is 0.259. The first-order valence-corrected chi connectivity index (χ1v) is 12.1. The van der Waals surface area contributed by atoms with Crippen LogP contribution in [0, 0.1) is 13.8 Å². The van der Waals surface area contributed by atoms with Gasteiger partial charge in [0.25, 0.3) is 0 Å². The summed E-state index contributed by atoms with van der Waals surface area (Å²) in [6.07, 6.45) is 5.06. The lowest BCUT2D eigenvalue weighted by atomic mass is 9.93. The monoisotopic (exact) mass is 507 g/mol. The van der Waals surface area contributed by atoms with Crippen molar-refractivity contribution in [1.82, 2.24) is 19.9 Å². The summed E-state index contributed by atoms with van der Waals surface area (Å²) in [5.41, 5.74) is 9.35. The van der Waals surface area contributed by atoms with Gasteiger partial charge in [-0.15, -0.1) is 0 Å². The maximum Gasteiger partial charge on any atom is 0.227 e. The number of pyridine rings is 1. The molecule has 0 spiro atoms. The Hall–Kier alpha value is -4.33. The molecule has 8 heteroatoms. The Kier molecular flexibility index (Phi) is 5.79. The van der Waals surface area contributed by atoms with Gasteiger partial charge in [0.1, 0.15) is 11.0 Å². The molecule has 182 valence electrons. The van der Waals surface area contributed by atoms with E-state index in [-0.39, 0.29) is 6.61 Å². The molecule has 0 radical (unpaired) electrons. The summed E-state index contributed by atoms with van der Waals surface area (Å²) >= 11 is 6.38. The topological polar surface area (TPSA) is 97.0 Å². The van der Waals surface area contributed by atoms with Crippen LogP contribution in [0.15, 0.2) is 77.6 Å². The third-order valence-electron chi connectivity index (χ3n) is 6.52. The number of hydrogen-bond donors (Lipinski definition) is 2. The number of rotatable bonds is 5. The summed E-state index contributed by atoms with van der Waals surface area (Å²) < 4.78 is 6.07. The van der Waals surface area contributed by atoms with E-state index >= 15 is 0 Å². The molecular weight excluding hydrogens is 486 g/mol. The molecule has 3 aromatic carbocycles. The Morgan fingerprint density at radius 1 is 0.838 bits per heavy atom. The first kappa shape index (κ1) is 23.1. The van der Waals surface area contributed by atoms with Crippen LogP contribution in [0.2, 0.25) is 5.02 Å². The van der Waals surface area contributed by atoms with E-state index in [1.165, 1.54) is 0 Å². The molecule has 0 atom stereocenters. The van der Waals surface area contributed by atoms with Gasteiger partial charge in [-0.25, -0.2) is 15.0 Å². The number of nitrogens with zero attached hydrogens (tertiary/aromatic N) is 4. The summed E-state index contributed by atoms with van der Waals surface area (Å²) in [6.45, 7) is 4.02. The highest BCUT2D eigenvalue weighted by Crippen LogP contribution is 2.38. The number of hydrogen-bond acceptors (Lipinski definition) is 7. The Morgan fingerprint density at radius 2 is 1.59 bits per heavy atom. The van der Waals surface area contributed by atoms with Crippen molar-refractivity contribution in [3.05, 3.63) is 94.9 Å². The van der Waals surface area contributed by atoms with Crippen LogP contribution in [0.5, 0.6) is 0 Å². The molecule has 7 nitrogen and oxygen atoms in total. The molecule has 0 saturated heterocycles. The molecule has 2 N–H and O–H groups in total. The van der Waals surface area contributed by atoms with Crippen molar-refractivity contribution in [3.8, 4) is 22.6 Å². The van der Waals surface area contributed by atoms with Crippen LogP contribution in [-0.2, 0) is 6.61 Å². The van der Waals surface area contributed by atoms with Gasteiger partial charge < -0.3 is 14.8 Å². The lowest BCUT2D eigenvalue weighted by Gasteiger charge is -2.16. The molecule has 0 fully saturated rings. The predicted molar refractivity (Wildman–Crippen MR) is 146 cm³/mol. The lowest BCUT2D eigenvalue weighted by Crippen LogP contribution is -2.00. The summed E-state index contributed by atoms with van der Waals surface area (Å²) in [7, 11) is 0. The largest absolute Gasteiger partial charge is 0.434 e. The zero-order valence-electron chi connectivity index (χ0n) is 20.2. The van der Waals surface area contributed by atoms with Gasteiger partial charge in [0.15, 0.2) is 11.4 Å². The zero-order valence-corrected chi connectivity index (χ0v) is 20.9. The zero-order chi connectivity index (χ0) is 25.5. The molecule has 0 bridgehead atoms. The van der Waals surface area contributed by atoms with Crippen LogP contribution in [-0.4, -0.2) is 25.0 Å². The van der Waals surface area contributed by atoms with Crippen LogP contribution in [0.25, 0.3) is 44.7 Å².